The van der Waals surface area contributed by atoms with Gasteiger partial charge in [-0.25, -0.2) is 0 Å². The molecule has 4 nitrogen and oxygen atoms in total. The minimum atomic E-state index is 1.05. The van der Waals surface area contributed by atoms with Crippen molar-refractivity contribution in [2.24, 2.45) is 0 Å². The van der Waals surface area contributed by atoms with Crippen LogP contribution in [0, 0.1) is 0 Å². The number of hydrogen-bond acceptors (Lipinski definition) is 1. The van der Waals surface area contributed by atoms with Gasteiger partial charge >= 0.3 is 0 Å². The number of hydrogen-bond donors (Lipinski definition) is 2. The van der Waals surface area contributed by atoms with Crippen LogP contribution in [0.25, 0.3) is 27.5 Å². The van der Waals surface area contributed by atoms with Gasteiger partial charge in [0.15, 0.2) is 0 Å². The second kappa shape index (κ2) is 3.43. The Morgan fingerprint density at radius 1 is 0.944 bits per heavy atom. The van der Waals surface area contributed by atoms with Crippen molar-refractivity contribution >= 4 is 21.8 Å². The van der Waals surface area contributed by atoms with E-state index in [-0.39, 0.29) is 0 Å². The number of benzene rings is 2. The molecular formula is C14H11N4+. The molecule has 4 rings (SSSR count). The Kier molecular flexibility index (Phi) is 1.80. The van der Waals surface area contributed by atoms with Crippen LogP contribution in [0.3, 0.4) is 0 Å². The summed E-state index contributed by atoms with van der Waals surface area (Å²) in [6, 6.07) is 14.4. The average molecular weight is 235 g/mol. The van der Waals surface area contributed by atoms with Crippen LogP contribution in [0.4, 0.5) is 0 Å². The first-order valence-electron chi connectivity index (χ1n) is 5.83. The molecule has 0 aliphatic rings. The fourth-order valence-corrected chi connectivity index (χ4v) is 2.23. The highest BCUT2D eigenvalue weighted by Gasteiger charge is 2.11. The number of aromatic nitrogens is 4. The molecule has 18 heavy (non-hydrogen) atoms. The van der Waals surface area contributed by atoms with Crippen LogP contribution >= 0.6 is 0 Å². The minimum absolute atomic E-state index is 1.05. The van der Waals surface area contributed by atoms with Crippen molar-refractivity contribution in [3.05, 3.63) is 54.9 Å². The Hall–Kier alpha value is -2.62. The molecule has 4 heteroatoms. The van der Waals surface area contributed by atoms with Gasteiger partial charge in [0.2, 0.25) is 11.9 Å². The molecule has 0 aliphatic carbocycles. The molecular weight excluding hydrogens is 224 g/mol. The van der Waals surface area contributed by atoms with Crippen molar-refractivity contribution < 1.29 is 4.68 Å². The van der Waals surface area contributed by atoms with E-state index in [1.807, 2.05) is 29.1 Å². The van der Waals surface area contributed by atoms with Crippen LogP contribution < -0.4 is 4.68 Å². The molecule has 4 aromatic rings. The quantitative estimate of drug-likeness (QED) is 0.489. The highest BCUT2D eigenvalue weighted by atomic mass is 15.3. The molecule has 0 radical (unpaired) electrons. The molecule has 0 saturated heterocycles. The lowest BCUT2D eigenvalue weighted by Gasteiger charge is -1.91. The van der Waals surface area contributed by atoms with Crippen molar-refractivity contribution in [2.75, 3.05) is 0 Å². The molecule has 0 spiro atoms. The topological polar surface area (TPSA) is 48.3 Å². The lowest BCUT2D eigenvalue weighted by Crippen LogP contribution is -2.31. The van der Waals surface area contributed by atoms with Crippen LogP contribution in [0.15, 0.2) is 54.9 Å². The fraction of sp³-hybridized carbons (Fsp3) is 0. The lowest BCUT2D eigenvalue weighted by molar-refractivity contribution is -0.652. The summed E-state index contributed by atoms with van der Waals surface area (Å²) in [5.74, 6) is 0. The molecule has 0 bridgehead atoms. The lowest BCUT2D eigenvalue weighted by atomic mass is 10.2. The molecule has 0 aliphatic heterocycles. The minimum Gasteiger partial charge on any atom is -0.278 e. The Balaban J connectivity index is 1.94. The number of fused-ring (bicyclic) bond motifs is 2. The normalized spacial score (nSPS) is 11.3. The van der Waals surface area contributed by atoms with Gasteiger partial charge in [-0.15, -0.1) is 0 Å². The average Bonchev–Trinajstić information content (AvgIpc) is 3.04. The Morgan fingerprint density at radius 3 is 2.83 bits per heavy atom. The van der Waals surface area contributed by atoms with Crippen molar-refractivity contribution in [2.45, 2.75) is 0 Å². The SMILES string of the molecule is c1ccc2[nH][n+](-c3ccc4[nH]ncc4c3)cc2c1. The van der Waals surface area contributed by atoms with Gasteiger partial charge in [0, 0.05) is 17.5 Å². The standard InChI is InChI=1S/C14H10N4/c1-2-4-14-10(3-1)9-18(17-14)12-5-6-13-11(7-12)8-15-16-13/h1-9H,(H,15,16)/p+1. The van der Waals surface area contributed by atoms with E-state index in [0.717, 1.165) is 22.1 Å². The van der Waals surface area contributed by atoms with Gasteiger partial charge in [0.05, 0.1) is 17.1 Å². The largest absolute Gasteiger partial charge is 0.278 e. The molecule has 86 valence electrons. The second-order valence-electron chi connectivity index (χ2n) is 4.34. The molecule has 2 N–H and O–H groups in total. The first-order chi connectivity index (χ1) is 8.90. The Morgan fingerprint density at radius 2 is 1.89 bits per heavy atom. The number of nitrogens with zero attached hydrogens (tertiary/aromatic N) is 2. The predicted molar refractivity (Wildman–Crippen MR) is 69.5 cm³/mol. The van der Waals surface area contributed by atoms with E-state index in [1.165, 1.54) is 5.39 Å². The monoisotopic (exact) mass is 235 g/mol. The third kappa shape index (κ3) is 1.32. The van der Waals surface area contributed by atoms with E-state index in [1.54, 1.807) is 0 Å². The van der Waals surface area contributed by atoms with E-state index < -0.39 is 0 Å². The van der Waals surface area contributed by atoms with Gasteiger partial charge < -0.3 is 0 Å². The van der Waals surface area contributed by atoms with Crippen molar-refractivity contribution in [1.29, 1.82) is 0 Å². The molecule has 0 unspecified atom stereocenters. The highest BCUT2D eigenvalue weighted by molar-refractivity contribution is 5.80. The summed E-state index contributed by atoms with van der Waals surface area (Å²) in [5.41, 5.74) is 3.28. The third-order valence-corrected chi connectivity index (χ3v) is 3.17. The third-order valence-electron chi connectivity index (χ3n) is 3.17. The highest BCUT2D eigenvalue weighted by Crippen LogP contribution is 2.14. The zero-order valence-corrected chi connectivity index (χ0v) is 9.59. The molecule has 0 amide bonds. The van der Waals surface area contributed by atoms with Crippen molar-refractivity contribution in [3.63, 3.8) is 0 Å². The summed E-state index contributed by atoms with van der Waals surface area (Å²) >= 11 is 0. The van der Waals surface area contributed by atoms with Gasteiger partial charge in [0.25, 0.3) is 0 Å². The van der Waals surface area contributed by atoms with Gasteiger partial charge in [-0.05, 0) is 18.2 Å². The number of nitrogens with one attached hydrogen (secondary N) is 2. The molecule has 2 aromatic heterocycles. The second-order valence-corrected chi connectivity index (χ2v) is 4.34. The molecule has 2 heterocycles. The van der Waals surface area contributed by atoms with Crippen LogP contribution in [0.2, 0.25) is 0 Å². The van der Waals surface area contributed by atoms with Crippen LogP contribution in [0.1, 0.15) is 0 Å². The number of aromatic amines is 2. The molecule has 2 aromatic carbocycles. The van der Waals surface area contributed by atoms with Crippen LogP contribution in [-0.2, 0) is 0 Å². The number of rotatable bonds is 1. The maximum Gasteiger partial charge on any atom is 0.236 e. The number of H-pyrrole nitrogens is 2. The number of para-hydroxylation sites is 1. The molecule has 0 saturated carbocycles. The van der Waals surface area contributed by atoms with Gasteiger partial charge in [-0.3, -0.25) is 5.10 Å². The van der Waals surface area contributed by atoms with Gasteiger partial charge in [-0.1, -0.05) is 16.8 Å². The molecule has 0 fully saturated rings. The summed E-state index contributed by atoms with van der Waals surface area (Å²) in [4.78, 5) is 0. The summed E-state index contributed by atoms with van der Waals surface area (Å²) in [6.07, 6.45) is 3.93. The first kappa shape index (κ1) is 9.41. The summed E-state index contributed by atoms with van der Waals surface area (Å²) in [6.45, 7) is 0. The van der Waals surface area contributed by atoms with Gasteiger partial charge in [-0.2, -0.15) is 10.2 Å². The molecule has 0 atom stereocenters. The van der Waals surface area contributed by atoms with Gasteiger partial charge in [0.1, 0.15) is 5.52 Å². The van der Waals surface area contributed by atoms with Crippen LogP contribution in [0.5, 0.6) is 0 Å². The zero-order chi connectivity index (χ0) is 11.9. The predicted octanol–water partition coefficient (Wildman–Crippen LogP) is 2.32. The van der Waals surface area contributed by atoms with E-state index >= 15 is 0 Å². The summed E-state index contributed by atoms with van der Waals surface area (Å²) in [5, 5.41) is 12.7. The van der Waals surface area contributed by atoms with E-state index in [9.17, 15) is 0 Å². The maximum absolute atomic E-state index is 4.03. The van der Waals surface area contributed by atoms with E-state index in [2.05, 4.69) is 45.8 Å². The summed E-state index contributed by atoms with van der Waals surface area (Å²) < 4.78 is 2.02. The maximum atomic E-state index is 4.03. The van der Waals surface area contributed by atoms with Crippen LogP contribution in [-0.4, -0.2) is 15.3 Å². The van der Waals surface area contributed by atoms with E-state index in [4.69, 9.17) is 0 Å². The summed E-state index contributed by atoms with van der Waals surface area (Å²) in [7, 11) is 0. The smallest absolute Gasteiger partial charge is 0.236 e. The fourth-order valence-electron chi connectivity index (χ4n) is 2.23. The Bertz CT molecular complexity index is 808. The van der Waals surface area contributed by atoms with E-state index in [0.29, 0.717) is 0 Å². The Labute approximate surface area is 103 Å². The van der Waals surface area contributed by atoms with Crippen molar-refractivity contribution in [1.82, 2.24) is 15.3 Å². The first-order valence-corrected chi connectivity index (χ1v) is 5.83. The van der Waals surface area contributed by atoms with Crippen molar-refractivity contribution in [3.8, 4) is 5.69 Å². The zero-order valence-electron chi connectivity index (χ0n) is 9.59.